The summed E-state index contributed by atoms with van der Waals surface area (Å²) in [5.41, 5.74) is 2.36. The number of carbonyl (C=O) groups excluding carboxylic acids is 5. The fourth-order valence-electron chi connectivity index (χ4n) is 5.80. The van der Waals surface area contributed by atoms with Crippen molar-refractivity contribution in [3.05, 3.63) is 120 Å². The van der Waals surface area contributed by atoms with Crippen molar-refractivity contribution in [1.82, 2.24) is 15.1 Å². The van der Waals surface area contributed by atoms with Gasteiger partial charge in [-0.05, 0) is 42.4 Å². The summed E-state index contributed by atoms with van der Waals surface area (Å²) in [4.78, 5) is 70.1. The lowest BCUT2D eigenvalue weighted by Crippen LogP contribution is -2.53. The highest BCUT2D eigenvalue weighted by Gasteiger charge is 2.38. The predicted molar refractivity (Wildman–Crippen MR) is 179 cm³/mol. The number of ether oxygens (including phenoxy) is 3. The minimum atomic E-state index is -1.18. The molecule has 2 aliphatic rings. The van der Waals surface area contributed by atoms with E-state index in [2.05, 4.69) is 5.32 Å². The topological polar surface area (TPSA) is 132 Å². The van der Waals surface area contributed by atoms with Crippen LogP contribution in [0.2, 0.25) is 0 Å². The van der Waals surface area contributed by atoms with Gasteiger partial charge in [-0.15, -0.1) is 0 Å². The van der Waals surface area contributed by atoms with Crippen LogP contribution in [0.25, 0.3) is 0 Å². The van der Waals surface area contributed by atoms with Crippen LogP contribution in [0.3, 0.4) is 0 Å². The molecule has 0 radical (unpaired) electrons. The van der Waals surface area contributed by atoms with Gasteiger partial charge >= 0.3 is 18.0 Å². The first kappa shape index (κ1) is 34.9. The first-order valence-electron chi connectivity index (χ1n) is 16.5. The molecule has 1 fully saturated rings. The Morgan fingerprint density at radius 2 is 1.27 bits per heavy atom. The highest BCUT2D eigenvalue weighted by Crippen LogP contribution is 2.22. The average molecular weight is 668 g/mol. The molecule has 11 heteroatoms. The molecule has 11 nitrogen and oxygen atoms in total. The quantitative estimate of drug-likeness (QED) is 0.210. The third-order valence-electron chi connectivity index (χ3n) is 8.48. The summed E-state index contributed by atoms with van der Waals surface area (Å²) < 4.78 is 16.8. The van der Waals surface area contributed by atoms with Crippen molar-refractivity contribution >= 4 is 29.8 Å². The zero-order valence-electron chi connectivity index (χ0n) is 27.3. The molecule has 0 aromatic heterocycles. The third-order valence-corrected chi connectivity index (χ3v) is 8.48. The Bertz CT molecular complexity index is 1600. The van der Waals surface area contributed by atoms with Gasteiger partial charge in [-0.1, -0.05) is 103 Å². The molecule has 0 saturated carbocycles. The van der Waals surface area contributed by atoms with Gasteiger partial charge in [-0.25, -0.2) is 9.59 Å². The number of nitrogens with one attached hydrogen (secondary N) is 1. The Kier molecular flexibility index (Phi) is 12.5. The van der Waals surface area contributed by atoms with E-state index in [1.54, 1.807) is 12.2 Å². The van der Waals surface area contributed by atoms with Crippen LogP contribution in [0.1, 0.15) is 42.4 Å². The second-order valence-electron chi connectivity index (χ2n) is 12.1. The van der Waals surface area contributed by atoms with Crippen LogP contribution in [-0.2, 0) is 53.2 Å². The van der Waals surface area contributed by atoms with Crippen LogP contribution in [0.5, 0.6) is 0 Å². The Labute approximate surface area is 285 Å². The molecule has 2 aliphatic heterocycles. The molecule has 5 rings (SSSR count). The number of hydrogen-bond donors (Lipinski definition) is 1. The molecule has 256 valence electrons. The van der Waals surface area contributed by atoms with Gasteiger partial charge in [-0.2, -0.15) is 0 Å². The van der Waals surface area contributed by atoms with Gasteiger partial charge in [0.2, 0.25) is 11.8 Å². The van der Waals surface area contributed by atoms with E-state index < -0.39 is 47.8 Å². The van der Waals surface area contributed by atoms with E-state index in [0.29, 0.717) is 19.4 Å². The summed E-state index contributed by atoms with van der Waals surface area (Å²) >= 11 is 0. The molecule has 1 saturated heterocycles. The molecule has 3 aromatic carbocycles. The average Bonchev–Trinajstić information content (AvgIpc) is 3.64. The van der Waals surface area contributed by atoms with Crippen molar-refractivity contribution in [2.45, 2.75) is 57.6 Å². The molecule has 0 aliphatic carbocycles. The standard InChI is InChI=1S/C38H41N3O8/c42-34-24-40(38(46)49-27-30-17-8-3-9-18-30)21-11-10-19-31(36(44)47-25-28-13-4-1-5-14-28)23-32(39-35(43)33-20-12-22-41(33)34)37(45)48-26-29-15-6-2-7-16-29/h1-11,13-18,31-33H,12,19-27H2,(H,39,43)/b11-10+/t31-,32+,33+/m1/s1. The number of nitrogens with zero attached hydrogens (tertiary/aromatic N) is 2. The number of esters is 2. The summed E-state index contributed by atoms with van der Waals surface area (Å²) in [7, 11) is 0. The SMILES string of the molecule is O=C(OCc1ccccc1)[C@@H]1C/C=C/CN(C(=O)OCc2ccccc2)CC(=O)N2CCC[C@H]2C(=O)N[C@H](C(=O)OCc2ccccc2)C1. The van der Waals surface area contributed by atoms with Crippen molar-refractivity contribution in [3.8, 4) is 0 Å². The first-order chi connectivity index (χ1) is 23.9. The van der Waals surface area contributed by atoms with Crippen LogP contribution >= 0.6 is 0 Å². The van der Waals surface area contributed by atoms with E-state index in [-0.39, 0.29) is 45.8 Å². The van der Waals surface area contributed by atoms with Crippen LogP contribution < -0.4 is 5.32 Å². The van der Waals surface area contributed by atoms with Crippen molar-refractivity contribution in [2.75, 3.05) is 19.6 Å². The van der Waals surface area contributed by atoms with Gasteiger partial charge in [0.1, 0.15) is 38.4 Å². The molecule has 0 unspecified atom stereocenters. The lowest BCUT2D eigenvalue weighted by molar-refractivity contribution is -0.154. The van der Waals surface area contributed by atoms with Gasteiger partial charge in [-0.3, -0.25) is 19.3 Å². The van der Waals surface area contributed by atoms with Gasteiger partial charge < -0.3 is 24.4 Å². The Morgan fingerprint density at radius 1 is 0.714 bits per heavy atom. The summed E-state index contributed by atoms with van der Waals surface area (Å²) in [6.45, 7) is 0.0806. The predicted octanol–water partition coefficient (Wildman–Crippen LogP) is 4.55. The zero-order valence-corrected chi connectivity index (χ0v) is 27.3. The largest absolute Gasteiger partial charge is 0.461 e. The van der Waals surface area contributed by atoms with Crippen molar-refractivity contribution in [2.24, 2.45) is 5.92 Å². The lowest BCUT2D eigenvalue weighted by atomic mass is 9.95. The summed E-state index contributed by atoms with van der Waals surface area (Å²) in [5, 5.41) is 2.79. The number of benzene rings is 3. The van der Waals surface area contributed by atoms with Crippen LogP contribution in [0.15, 0.2) is 103 Å². The number of allylic oxidation sites excluding steroid dienone is 1. The van der Waals surface area contributed by atoms with Gasteiger partial charge in [0.25, 0.3) is 0 Å². The van der Waals surface area contributed by atoms with Gasteiger partial charge in [0.05, 0.1) is 5.92 Å². The fraction of sp³-hybridized carbons (Fsp3) is 0.342. The van der Waals surface area contributed by atoms with Gasteiger partial charge in [0, 0.05) is 13.1 Å². The Morgan fingerprint density at radius 3 is 1.86 bits per heavy atom. The van der Waals surface area contributed by atoms with Crippen molar-refractivity contribution in [1.29, 1.82) is 0 Å². The monoisotopic (exact) mass is 667 g/mol. The second kappa shape index (κ2) is 17.6. The van der Waals surface area contributed by atoms with Crippen molar-refractivity contribution in [3.63, 3.8) is 0 Å². The molecule has 49 heavy (non-hydrogen) atoms. The van der Waals surface area contributed by atoms with E-state index in [9.17, 15) is 24.0 Å². The summed E-state index contributed by atoms with van der Waals surface area (Å²) in [6.07, 6.45) is 3.69. The molecule has 3 atom stereocenters. The van der Waals surface area contributed by atoms with Crippen molar-refractivity contribution < 1.29 is 38.2 Å². The molecular weight excluding hydrogens is 626 g/mol. The molecular formula is C38H41N3O8. The number of carbonyl (C=O) groups is 5. The smallest absolute Gasteiger partial charge is 0.410 e. The number of rotatable bonds is 8. The fourth-order valence-corrected chi connectivity index (χ4v) is 5.80. The Hall–Kier alpha value is -5.45. The minimum Gasteiger partial charge on any atom is -0.461 e. The molecule has 1 N–H and O–H groups in total. The maximum absolute atomic E-state index is 13.7. The number of hydrogen-bond acceptors (Lipinski definition) is 8. The van der Waals surface area contributed by atoms with E-state index in [1.165, 1.54) is 9.80 Å². The number of fused-ring (bicyclic) bond motifs is 1. The molecule has 2 heterocycles. The molecule has 0 bridgehead atoms. The number of amides is 3. The highest BCUT2D eigenvalue weighted by atomic mass is 16.6. The first-order valence-corrected chi connectivity index (χ1v) is 16.5. The Balaban J connectivity index is 1.37. The lowest BCUT2D eigenvalue weighted by Gasteiger charge is -2.29. The van der Waals surface area contributed by atoms with E-state index in [1.807, 2.05) is 91.0 Å². The third kappa shape index (κ3) is 10.3. The molecule has 0 spiro atoms. The van der Waals surface area contributed by atoms with E-state index >= 15 is 0 Å². The van der Waals surface area contributed by atoms with Gasteiger partial charge in [0.15, 0.2) is 0 Å². The van der Waals surface area contributed by atoms with Crippen LogP contribution in [-0.4, -0.2) is 71.4 Å². The summed E-state index contributed by atoms with van der Waals surface area (Å²) in [5.74, 6) is -3.03. The van der Waals surface area contributed by atoms with E-state index in [4.69, 9.17) is 14.2 Å². The maximum Gasteiger partial charge on any atom is 0.410 e. The molecule has 3 aromatic rings. The van der Waals surface area contributed by atoms with E-state index in [0.717, 1.165) is 16.7 Å². The maximum atomic E-state index is 13.7. The van der Waals surface area contributed by atoms with Crippen LogP contribution in [0.4, 0.5) is 4.79 Å². The highest BCUT2D eigenvalue weighted by molar-refractivity contribution is 5.92. The zero-order chi connectivity index (χ0) is 34.4. The molecule has 3 amide bonds. The minimum absolute atomic E-state index is 0.0146. The summed E-state index contributed by atoms with van der Waals surface area (Å²) in [6, 6.07) is 25.5. The normalized spacial score (nSPS) is 20.7. The second-order valence-corrected chi connectivity index (χ2v) is 12.1. The van der Waals surface area contributed by atoms with Crippen LogP contribution in [0, 0.1) is 5.92 Å².